The van der Waals surface area contributed by atoms with E-state index in [-0.39, 0.29) is 10.8 Å². The molecule has 0 spiro atoms. The van der Waals surface area contributed by atoms with Crippen molar-refractivity contribution in [3.63, 3.8) is 0 Å². The fourth-order valence-corrected chi connectivity index (χ4v) is 4.94. The summed E-state index contributed by atoms with van der Waals surface area (Å²) < 4.78 is 33.5. The lowest BCUT2D eigenvalue weighted by Gasteiger charge is -2.33. The molecule has 0 aromatic heterocycles. The Morgan fingerprint density at radius 2 is 1.78 bits per heavy atom. The van der Waals surface area contributed by atoms with Gasteiger partial charge in [-0.1, -0.05) is 49.4 Å². The van der Waals surface area contributed by atoms with Crippen LogP contribution in [0.3, 0.4) is 0 Å². The van der Waals surface area contributed by atoms with Crippen LogP contribution in [-0.2, 0) is 14.8 Å². The molecule has 0 unspecified atom stereocenters. The van der Waals surface area contributed by atoms with Gasteiger partial charge in [-0.05, 0) is 30.7 Å². The number of hydrogen-bond acceptors (Lipinski definition) is 5. The summed E-state index contributed by atoms with van der Waals surface area (Å²) in [5.41, 5.74) is 1.53. The smallest absolute Gasteiger partial charge is 0.243 e. The predicted molar refractivity (Wildman–Crippen MR) is 127 cm³/mol. The zero-order valence-electron chi connectivity index (χ0n) is 18.7. The maximum atomic E-state index is 13.2. The Kier molecular flexibility index (Phi) is 8.44. The number of hydrogen-bond donors (Lipinski definition) is 1. The fraction of sp³-hybridized carbons (Fsp3) is 0.375. The van der Waals surface area contributed by atoms with Crippen LogP contribution in [0.1, 0.15) is 25.8 Å². The van der Waals surface area contributed by atoms with Gasteiger partial charge >= 0.3 is 0 Å². The van der Waals surface area contributed by atoms with Gasteiger partial charge in [-0.25, -0.2) is 8.42 Å². The van der Waals surface area contributed by atoms with Gasteiger partial charge in [-0.15, -0.1) is 0 Å². The third-order valence-electron chi connectivity index (χ3n) is 5.29. The number of benzene rings is 2. The van der Waals surface area contributed by atoms with Crippen molar-refractivity contribution >= 4 is 27.7 Å². The average Bonchev–Trinajstić information content (AvgIpc) is 2.81. The van der Waals surface area contributed by atoms with Gasteiger partial charge in [-0.3, -0.25) is 9.69 Å². The number of anilines is 1. The summed E-state index contributed by atoms with van der Waals surface area (Å²) in [5.74, 6) is 0.265. The molecule has 2 aromatic rings. The Bertz CT molecular complexity index is 1030. The molecular weight excluding hydrogens is 426 g/mol. The number of carbonyl (C=O) groups excluding carboxylic acids is 1. The van der Waals surface area contributed by atoms with Gasteiger partial charge in [0.15, 0.2) is 0 Å². The quantitative estimate of drug-likeness (QED) is 0.624. The normalized spacial score (nSPS) is 15.7. The van der Waals surface area contributed by atoms with Crippen LogP contribution in [0.4, 0.5) is 5.69 Å². The molecule has 1 heterocycles. The summed E-state index contributed by atoms with van der Waals surface area (Å²) in [4.78, 5) is 14.3. The van der Waals surface area contributed by atoms with Gasteiger partial charge in [0.05, 0.1) is 17.2 Å². The number of amides is 1. The van der Waals surface area contributed by atoms with E-state index in [0.717, 1.165) is 12.1 Å². The van der Waals surface area contributed by atoms with Gasteiger partial charge < -0.3 is 10.1 Å². The molecule has 0 aliphatic carbocycles. The van der Waals surface area contributed by atoms with Gasteiger partial charge in [0.25, 0.3) is 0 Å². The highest BCUT2D eigenvalue weighted by Gasteiger charge is 2.29. The van der Waals surface area contributed by atoms with Crippen LogP contribution in [0, 0.1) is 0 Å². The first-order chi connectivity index (χ1) is 15.4. The van der Waals surface area contributed by atoms with E-state index in [1.54, 1.807) is 13.0 Å². The van der Waals surface area contributed by atoms with Crippen molar-refractivity contribution in [1.82, 2.24) is 9.21 Å². The molecule has 1 N–H and O–H groups in total. The second kappa shape index (κ2) is 11.3. The van der Waals surface area contributed by atoms with Crippen molar-refractivity contribution in [3.8, 4) is 5.75 Å². The van der Waals surface area contributed by atoms with E-state index in [1.807, 2.05) is 25.1 Å². The summed E-state index contributed by atoms with van der Waals surface area (Å²) >= 11 is 0. The molecule has 3 rings (SSSR count). The Morgan fingerprint density at radius 3 is 2.44 bits per heavy atom. The minimum atomic E-state index is -3.66. The Balaban J connectivity index is 1.65. The standard InChI is InChI=1S/C24H31N3O4S/c1-3-24(28)25-22-19-21(12-13-23(22)31-4-2)32(29,30)27-17-15-26(16-18-27)14-8-11-20-9-6-5-7-10-20/h5-13,19H,3-4,14-18H2,1-2H3,(H,25,28)/b11-8+. The number of carbonyl (C=O) groups is 1. The molecule has 1 saturated heterocycles. The molecule has 8 heteroatoms. The Labute approximate surface area is 190 Å². The Hall–Kier alpha value is -2.68. The molecule has 1 fully saturated rings. The SMILES string of the molecule is CCOc1ccc(S(=O)(=O)N2CCN(C/C=C/c3ccccc3)CC2)cc1NC(=O)CC. The van der Waals surface area contributed by atoms with E-state index in [0.29, 0.717) is 50.6 Å². The van der Waals surface area contributed by atoms with Crippen LogP contribution in [-0.4, -0.2) is 62.9 Å². The van der Waals surface area contributed by atoms with Crippen LogP contribution in [0.5, 0.6) is 5.75 Å². The largest absolute Gasteiger partial charge is 0.492 e. The molecular formula is C24H31N3O4S. The first-order valence-electron chi connectivity index (χ1n) is 10.9. The van der Waals surface area contributed by atoms with Crippen LogP contribution in [0.15, 0.2) is 59.5 Å². The van der Waals surface area contributed by atoms with Crippen molar-refractivity contribution < 1.29 is 17.9 Å². The van der Waals surface area contributed by atoms with Gasteiger partial charge in [0, 0.05) is 39.1 Å². The minimum Gasteiger partial charge on any atom is -0.492 e. The summed E-state index contributed by atoms with van der Waals surface area (Å²) in [6, 6.07) is 14.7. The Morgan fingerprint density at radius 1 is 1.06 bits per heavy atom. The first-order valence-corrected chi connectivity index (χ1v) is 12.4. The number of ether oxygens (including phenoxy) is 1. The van der Waals surface area contributed by atoms with E-state index in [4.69, 9.17) is 4.74 Å². The van der Waals surface area contributed by atoms with Crippen molar-refractivity contribution in [2.75, 3.05) is 44.6 Å². The number of sulfonamides is 1. The number of nitrogens with one attached hydrogen (secondary N) is 1. The lowest BCUT2D eigenvalue weighted by atomic mass is 10.2. The highest BCUT2D eigenvalue weighted by atomic mass is 32.2. The maximum Gasteiger partial charge on any atom is 0.243 e. The molecule has 0 bridgehead atoms. The third-order valence-corrected chi connectivity index (χ3v) is 7.18. The summed E-state index contributed by atoms with van der Waals surface area (Å²) in [5, 5.41) is 2.74. The van der Waals surface area contributed by atoms with E-state index in [1.165, 1.54) is 16.4 Å². The van der Waals surface area contributed by atoms with Gasteiger partial charge in [0.2, 0.25) is 15.9 Å². The minimum absolute atomic E-state index is 0.157. The van der Waals surface area contributed by atoms with Crippen molar-refractivity contribution in [3.05, 3.63) is 60.2 Å². The maximum absolute atomic E-state index is 13.2. The zero-order valence-corrected chi connectivity index (χ0v) is 19.5. The van der Waals surface area contributed by atoms with Crippen LogP contribution >= 0.6 is 0 Å². The average molecular weight is 458 g/mol. The molecule has 0 atom stereocenters. The number of piperazine rings is 1. The van der Waals surface area contributed by atoms with Crippen LogP contribution in [0.2, 0.25) is 0 Å². The molecule has 7 nitrogen and oxygen atoms in total. The van der Waals surface area contributed by atoms with Crippen LogP contribution < -0.4 is 10.1 Å². The second-order valence-corrected chi connectivity index (χ2v) is 9.45. The zero-order chi connectivity index (χ0) is 23.0. The van der Waals surface area contributed by atoms with Crippen LogP contribution in [0.25, 0.3) is 6.08 Å². The molecule has 2 aromatic carbocycles. The summed E-state index contributed by atoms with van der Waals surface area (Å²) in [6.07, 6.45) is 4.48. The highest BCUT2D eigenvalue weighted by molar-refractivity contribution is 7.89. The fourth-order valence-electron chi connectivity index (χ4n) is 3.49. The first kappa shape index (κ1) is 24.0. The van der Waals surface area contributed by atoms with E-state index in [2.05, 4.69) is 34.5 Å². The van der Waals surface area contributed by atoms with Crippen molar-refractivity contribution in [2.45, 2.75) is 25.2 Å². The second-order valence-electron chi connectivity index (χ2n) is 7.51. The topological polar surface area (TPSA) is 79.0 Å². The van der Waals surface area contributed by atoms with E-state index in [9.17, 15) is 13.2 Å². The number of nitrogens with zero attached hydrogens (tertiary/aromatic N) is 2. The van der Waals surface area contributed by atoms with Gasteiger partial charge in [-0.2, -0.15) is 4.31 Å². The van der Waals surface area contributed by atoms with E-state index < -0.39 is 10.0 Å². The van der Waals surface area contributed by atoms with E-state index >= 15 is 0 Å². The molecule has 0 saturated carbocycles. The van der Waals surface area contributed by atoms with Crippen molar-refractivity contribution in [1.29, 1.82) is 0 Å². The molecule has 0 radical (unpaired) electrons. The van der Waals surface area contributed by atoms with Crippen molar-refractivity contribution in [2.24, 2.45) is 0 Å². The summed E-state index contributed by atoms with van der Waals surface area (Å²) in [7, 11) is -3.66. The number of rotatable bonds is 9. The third kappa shape index (κ3) is 6.18. The molecule has 32 heavy (non-hydrogen) atoms. The van der Waals surface area contributed by atoms with Gasteiger partial charge in [0.1, 0.15) is 5.75 Å². The monoisotopic (exact) mass is 457 g/mol. The lowest BCUT2D eigenvalue weighted by Crippen LogP contribution is -2.48. The molecule has 1 amide bonds. The molecule has 1 aliphatic heterocycles. The summed E-state index contributed by atoms with van der Waals surface area (Å²) in [6.45, 7) is 6.94. The molecule has 172 valence electrons. The predicted octanol–water partition coefficient (Wildman–Crippen LogP) is 3.45. The highest BCUT2D eigenvalue weighted by Crippen LogP contribution is 2.30. The molecule has 1 aliphatic rings. The lowest BCUT2D eigenvalue weighted by molar-refractivity contribution is -0.115.